The van der Waals surface area contributed by atoms with Crippen molar-refractivity contribution in [1.82, 2.24) is 19.7 Å². The smallest absolute Gasteiger partial charge is 0.212 e. The number of aromatic nitrogens is 4. The van der Waals surface area contributed by atoms with Gasteiger partial charge in [-0.05, 0) is 13.8 Å². The third-order valence-corrected chi connectivity index (χ3v) is 2.31. The highest BCUT2D eigenvalue weighted by Crippen LogP contribution is 2.14. The van der Waals surface area contributed by atoms with Gasteiger partial charge in [-0.25, -0.2) is 9.97 Å². The Morgan fingerprint density at radius 1 is 1.33 bits per heavy atom. The summed E-state index contributed by atoms with van der Waals surface area (Å²) in [7, 11) is 0. The maximum atomic E-state index is 4.18. The minimum Gasteiger partial charge on any atom is -0.227 e. The maximum Gasteiger partial charge on any atom is 0.212 e. The topological polar surface area (TPSA) is 43.6 Å². The van der Waals surface area contributed by atoms with Crippen LogP contribution in [0.1, 0.15) is 10.7 Å². The first-order valence-corrected chi connectivity index (χ1v) is 4.38. The Kier molecular flexibility index (Phi) is 1.65. The molecule has 2 aromatic heterocycles. The van der Waals surface area contributed by atoms with Gasteiger partial charge >= 0.3 is 0 Å². The Morgan fingerprint density at radius 2 is 2.17 bits per heavy atom. The standard InChI is InChI=1S/C7H8N4S/c1-5-3-8-7(12-5)11-4-9-6(2)10-11/h3-4H,1-2H3. The molecule has 2 aromatic rings. The minimum absolute atomic E-state index is 0.767. The van der Waals surface area contributed by atoms with Gasteiger partial charge in [0.15, 0.2) is 0 Å². The highest BCUT2D eigenvalue weighted by molar-refractivity contribution is 7.13. The summed E-state index contributed by atoms with van der Waals surface area (Å²) in [5.41, 5.74) is 0. The third-order valence-electron chi connectivity index (χ3n) is 1.41. The van der Waals surface area contributed by atoms with Crippen molar-refractivity contribution in [2.24, 2.45) is 0 Å². The average molecular weight is 180 g/mol. The second-order valence-corrected chi connectivity index (χ2v) is 3.70. The van der Waals surface area contributed by atoms with Gasteiger partial charge in [0, 0.05) is 11.1 Å². The second kappa shape index (κ2) is 2.67. The van der Waals surface area contributed by atoms with E-state index in [1.165, 1.54) is 4.88 Å². The summed E-state index contributed by atoms with van der Waals surface area (Å²) in [6, 6.07) is 0. The van der Waals surface area contributed by atoms with E-state index in [1.54, 1.807) is 22.3 Å². The quantitative estimate of drug-likeness (QED) is 0.665. The zero-order chi connectivity index (χ0) is 8.55. The fourth-order valence-corrected chi connectivity index (χ4v) is 1.57. The van der Waals surface area contributed by atoms with E-state index in [0.29, 0.717) is 0 Å². The molecule has 2 heterocycles. The molecule has 0 N–H and O–H groups in total. The van der Waals surface area contributed by atoms with Gasteiger partial charge in [0.05, 0.1) is 0 Å². The van der Waals surface area contributed by atoms with E-state index >= 15 is 0 Å². The van der Waals surface area contributed by atoms with E-state index < -0.39 is 0 Å². The molecule has 4 nitrogen and oxygen atoms in total. The van der Waals surface area contributed by atoms with Crippen LogP contribution in [0.2, 0.25) is 0 Å². The first-order valence-electron chi connectivity index (χ1n) is 3.57. The summed E-state index contributed by atoms with van der Waals surface area (Å²) in [5.74, 6) is 0.767. The first-order chi connectivity index (χ1) is 5.75. The predicted molar refractivity (Wildman–Crippen MR) is 46.5 cm³/mol. The molecule has 0 fully saturated rings. The highest BCUT2D eigenvalue weighted by atomic mass is 32.1. The number of nitrogens with zero attached hydrogens (tertiary/aromatic N) is 4. The predicted octanol–water partition coefficient (Wildman–Crippen LogP) is 1.34. The van der Waals surface area contributed by atoms with Crippen molar-refractivity contribution in [2.45, 2.75) is 13.8 Å². The van der Waals surface area contributed by atoms with Crippen molar-refractivity contribution in [3.63, 3.8) is 0 Å². The van der Waals surface area contributed by atoms with Crippen LogP contribution in [-0.2, 0) is 0 Å². The molecule has 0 saturated carbocycles. The van der Waals surface area contributed by atoms with Crippen molar-refractivity contribution in [3.8, 4) is 5.13 Å². The number of aryl methyl sites for hydroxylation is 2. The second-order valence-electron chi connectivity index (χ2n) is 2.49. The zero-order valence-electron chi connectivity index (χ0n) is 6.85. The van der Waals surface area contributed by atoms with Crippen molar-refractivity contribution < 1.29 is 0 Å². The van der Waals surface area contributed by atoms with Gasteiger partial charge in [-0.1, -0.05) is 0 Å². The maximum absolute atomic E-state index is 4.18. The van der Waals surface area contributed by atoms with Gasteiger partial charge in [0.2, 0.25) is 5.13 Å². The lowest BCUT2D eigenvalue weighted by Gasteiger charge is -1.89. The Bertz CT molecular complexity index is 351. The van der Waals surface area contributed by atoms with E-state index in [-0.39, 0.29) is 0 Å². The van der Waals surface area contributed by atoms with Crippen LogP contribution in [-0.4, -0.2) is 19.7 Å². The molecule has 0 amide bonds. The molecule has 0 aromatic carbocycles. The molecule has 0 aliphatic heterocycles. The number of hydrogen-bond donors (Lipinski definition) is 0. The van der Waals surface area contributed by atoms with E-state index in [2.05, 4.69) is 15.1 Å². The summed E-state index contributed by atoms with van der Waals surface area (Å²) in [6.07, 6.45) is 3.50. The summed E-state index contributed by atoms with van der Waals surface area (Å²) in [4.78, 5) is 9.38. The van der Waals surface area contributed by atoms with Crippen molar-refractivity contribution in [3.05, 3.63) is 23.2 Å². The molecule has 0 spiro atoms. The van der Waals surface area contributed by atoms with Crippen LogP contribution < -0.4 is 0 Å². The van der Waals surface area contributed by atoms with Crippen LogP contribution in [0.25, 0.3) is 5.13 Å². The largest absolute Gasteiger partial charge is 0.227 e. The van der Waals surface area contributed by atoms with Crippen LogP contribution in [0, 0.1) is 13.8 Å². The fraction of sp³-hybridized carbons (Fsp3) is 0.286. The van der Waals surface area contributed by atoms with Crippen molar-refractivity contribution in [1.29, 1.82) is 0 Å². The van der Waals surface area contributed by atoms with Gasteiger partial charge in [-0.2, -0.15) is 4.68 Å². The van der Waals surface area contributed by atoms with Crippen LogP contribution in [0.3, 0.4) is 0 Å². The molecular weight excluding hydrogens is 172 g/mol. The van der Waals surface area contributed by atoms with E-state index in [1.807, 2.05) is 20.0 Å². The Morgan fingerprint density at radius 3 is 2.67 bits per heavy atom. The van der Waals surface area contributed by atoms with Crippen molar-refractivity contribution >= 4 is 11.3 Å². The molecule has 0 aliphatic carbocycles. The van der Waals surface area contributed by atoms with E-state index in [0.717, 1.165) is 11.0 Å². The first kappa shape index (κ1) is 7.42. The Hall–Kier alpha value is -1.23. The lowest BCUT2D eigenvalue weighted by molar-refractivity contribution is 0.853. The lowest BCUT2D eigenvalue weighted by Crippen LogP contribution is -1.92. The van der Waals surface area contributed by atoms with E-state index in [9.17, 15) is 0 Å². The third kappa shape index (κ3) is 1.23. The molecule has 2 rings (SSSR count). The normalized spacial score (nSPS) is 10.5. The summed E-state index contributed by atoms with van der Waals surface area (Å²) in [5, 5.41) is 5.02. The van der Waals surface area contributed by atoms with Crippen LogP contribution in [0.4, 0.5) is 0 Å². The monoisotopic (exact) mass is 180 g/mol. The number of thiazole rings is 1. The summed E-state index contributed by atoms with van der Waals surface area (Å²) >= 11 is 1.60. The summed E-state index contributed by atoms with van der Waals surface area (Å²) in [6.45, 7) is 3.88. The van der Waals surface area contributed by atoms with Crippen LogP contribution in [0.15, 0.2) is 12.5 Å². The van der Waals surface area contributed by atoms with Gasteiger partial charge in [-0.15, -0.1) is 16.4 Å². The number of rotatable bonds is 1. The Balaban J connectivity index is 2.43. The Labute approximate surface area is 73.9 Å². The molecule has 12 heavy (non-hydrogen) atoms. The lowest BCUT2D eigenvalue weighted by atomic mass is 10.7. The highest BCUT2D eigenvalue weighted by Gasteiger charge is 2.02. The van der Waals surface area contributed by atoms with Crippen LogP contribution in [0.5, 0.6) is 0 Å². The van der Waals surface area contributed by atoms with Gasteiger partial charge in [-0.3, -0.25) is 0 Å². The fourth-order valence-electron chi connectivity index (χ4n) is 0.887. The van der Waals surface area contributed by atoms with Gasteiger partial charge in [0.1, 0.15) is 12.2 Å². The average Bonchev–Trinajstić information content (AvgIpc) is 2.58. The molecule has 0 bridgehead atoms. The summed E-state index contributed by atoms with van der Waals surface area (Å²) < 4.78 is 1.69. The van der Waals surface area contributed by atoms with E-state index in [4.69, 9.17) is 0 Å². The number of hydrogen-bond acceptors (Lipinski definition) is 4. The molecule has 5 heteroatoms. The molecule has 0 atom stereocenters. The van der Waals surface area contributed by atoms with Crippen LogP contribution >= 0.6 is 11.3 Å². The minimum atomic E-state index is 0.767. The molecule has 0 aliphatic rings. The molecule has 62 valence electrons. The molecule has 0 radical (unpaired) electrons. The molecule has 0 saturated heterocycles. The van der Waals surface area contributed by atoms with Crippen molar-refractivity contribution in [2.75, 3.05) is 0 Å². The van der Waals surface area contributed by atoms with Gasteiger partial charge < -0.3 is 0 Å². The molecular formula is C7H8N4S. The zero-order valence-corrected chi connectivity index (χ0v) is 7.67. The SMILES string of the molecule is Cc1ncn(-c2ncc(C)s2)n1. The molecule has 0 unspecified atom stereocenters. The van der Waals surface area contributed by atoms with Gasteiger partial charge in [0.25, 0.3) is 0 Å².